The molecular weight excluding hydrogens is 344 g/mol. The molecule has 27 heavy (non-hydrogen) atoms. The molecule has 1 aliphatic heterocycles. The monoisotopic (exact) mass is 364 g/mol. The van der Waals surface area contributed by atoms with Gasteiger partial charge in [-0.1, -0.05) is 24.3 Å². The molecule has 1 aliphatic carbocycles. The number of nitro benzene ring substituents is 1. The molecule has 2 N–H and O–H groups in total. The number of benzene rings is 2. The SMILES string of the molecule is Cc1cc([N+](=O)[O-])c2c(c1C)[C@@H]1C=CC[C@H]1[C@@H](c1ccc(C(=O)O)cc1)N2. The molecule has 6 heteroatoms. The first kappa shape index (κ1) is 17.3. The van der Waals surface area contributed by atoms with E-state index in [4.69, 9.17) is 5.11 Å². The lowest BCUT2D eigenvalue weighted by atomic mass is 9.74. The number of carbonyl (C=O) groups is 1. The van der Waals surface area contributed by atoms with Crippen molar-refractivity contribution in [1.29, 1.82) is 0 Å². The molecule has 2 aliphatic rings. The number of rotatable bonds is 3. The fraction of sp³-hybridized carbons (Fsp3) is 0.286. The number of nitro groups is 1. The molecule has 138 valence electrons. The average molecular weight is 364 g/mol. The zero-order chi connectivity index (χ0) is 19.3. The van der Waals surface area contributed by atoms with E-state index in [1.165, 1.54) is 0 Å². The van der Waals surface area contributed by atoms with Crippen LogP contribution in [-0.2, 0) is 0 Å². The van der Waals surface area contributed by atoms with Crippen LogP contribution in [-0.4, -0.2) is 16.0 Å². The summed E-state index contributed by atoms with van der Waals surface area (Å²) in [5.74, 6) is -0.608. The van der Waals surface area contributed by atoms with Crippen molar-refractivity contribution < 1.29 is 14.8 Å². The first-order valence-electron chi connectivity index (χ1n) is 8.93. The summed E-state index contributed by atoms with van der Waals surface area (Å²) in [5.41, 5.74) is 4.88. The van der Waals surface area contributed by atoms with Crippen LogP contribution in [0.5, 0.6) is 0 Å². The van der Waals surface area contributed by atoms with Crippen molar-refractivity contribution in [3.05, 3.63) is 80.4 Å². The number of nitrogens with one attached hydrogen (secondary N) is 1. The number of carboxylic acid groups (broad SMARTS) is 1. The highest BCUT2D eigenvalue weighted by atomic mass is 16.6. The highest BCUT2D eigenvalue weighted by Crippen LogP contribution is 2.53. The van der Waals surface area contributed by atoms with Gasteiger partial charge in [-0.15, -0.1) is 0 Å². The van der Waals surface area contributed by atoms with Crippen molar-refractivity contribution in [3.63, 3.8) is 0 Å². The number of allylic oxidation sites excluding steroid dienone is 2. The first-order valence-corrected chi connectivity index (χ1v) is 8.93. The van der Waals surface area contributed by atoms with Crippen LogP contribution in [0.15, 0.2) is 42.5 Å². The summed E-state index contributed by atoms with van der Waals surface area (Å²) in [6.45, 7) is 3.93. The van der Waals surface area contributed by atoms with E-state index in [9.17, 15) is 14.9 Å². The van der Waals surface area contributed by atoms with Gasteiger partial charge in [0, 0.05) is 12.0 Å². The summed E-state index contributed by atoms with van der Waals surface area (Å²) in [6.07, 6.45) is 5.17. The van der Waals surface area contributed by atoms with Gasteiger partial charge in [-0.25, -0.2) is 4.79 Å². The predicted molar refractivity (Wildman–Crippen MR) is 102 cm³/mol. The fourth-order valence-electron chi connectivity index (χ4n) is 4.39. The molecule has 0 fully saturated rings. The summed E-state index contributed by atoms with van der Waals surface area (Å²) in [4.78, 5) is 22.5. The van der Waals surface area contributed by atoms with Crippen molar-refractivity contribution in [2.24, 2.45) is 5.92 Å². The Hall–Kier alpha value is -3.15. The minimum atomic E-state index is -0.967. The number of nitrogens with zero attached hydrogens (tertiary/aromatic N) is 1. The lowest BCUT2D eigenvalue weighted by Crippen LogP contribution is -2.30. The minimum absolute atomic E-state index is 0.0963. The van der Waals surface area contributed by atoms with Crippen LogP contribution in [0, 0.1) is 29.9 Å². The molecule has 2 aromatic carbocycles. The third-order valence-electron chi connectivity index (χ3n) is 5.86. The molecule has 0 bridgehead atoms. The molecule has 0 saturated heterocycles. The molecule has 0 spiro atoms. The van der Waals surface area contributed by atoms with Gasteiger partial charge in [0.25, 0.3) is 5.69 Å². The van der Waals surface area contributed by atoms with Crippen LogP contribution < -0.4 is 5.32 Å². The van der Waals surface area contributed by atoms with Gasteiger partial charge in [-0.3, -0.25) is 10.1 Å². The Morgan fingerprint density at radius 2 is 1.96 bits per heavy atom. The maximum Gasteiger partial charge on any atom is 0.335 e. The van der Waals surface area contributed by atoms with E-state index in [1.54, 1.807) is 30.3 Å². The number of aromatic carboxylic acids is 1. The number of carboxylic acids is 1. The molecule has 0 unspecified atom stereocenters. The Morgan fingerprint density at radius 1 is 1.26 bits per heavy atom. The topological polar surface area (TPSA) is 92.5 Å². The van der Waals surface area contributed by atoms with Crippen LogP contribution in [0.4, 0.5) is 11.4 Å². The Labute approximate surface area is 156 Å². The first-order chi connectivity index (χ1) is 12.9. The van der Waals surface area contributed by atoms with Gasteiger partial charge in [-0.05, 0) is 60.6 Å². The second-order valence-corrected chi connectivity index (χ2v) is 7.29. The zero-order valence-electron chi connectivity index (χ0n) is 15.1. The second kappa shape index (κ2) is 6.23. The van der Waals surface area contributed by atoms with Crippen LogP contribution in [0.3, 0.4) is 0 Å². The van der Waals surface area contributed by atoms with E-state index in [2.05, 4.69) is 17.5 Å². The van der Waals surface area contributed by atoms with E-state index in [1.807, 2.05) is 13.8 Å². The van der Waals surface area contributed by atoms with Crippen molar-refractivity contribution in [1.82, 2.24) is 0 Å². The highest BCUT2D eigenvalue weighted by Gasteiger charge is 2.41. The van der Waals surface area contributed by atoms with E-state index in [0.29, 0.717) is 5.69 Å². The molecule has 0 radical (unpaired) electrons. The molecule has 0 aromatic heterocycles. The van der Waals surface area contributed by atoms with Crippen molar-refractivity contribution in [2.75, 3.05) is 5.32 Å². The van der Waals surface area contributed by atoms with Crippen LogP contribution in [0.2, 0.25) is 0 Å². The van der Waals surface area contributed by atoms with Crippen LogP contribution in [0.25, 0.3) is 0 Å². The van der Waals surface area contributed by atoms with Crippen LogP contribution >= 0.6 is 0 Å². The lowest BCUT2D eigenvalue weighted by molar-refractivity contribution is -0.384. The van der Waals surface area contributed by atoms with E-state index >= 15 is 0 Å². The Kier molecular flexibility index (Phi) is 3.98. The molecule has 2 aromatic rings. The van der Waals surface area contributed by atoms with E-state index in [-0.39, 0.29) is 34.1 Å². The van der Waals surface area contributed by atoms with Gasteiger partial charge in [0.05, 0.1) is 16.5 Å². The quantitative estimate of drug-likeness (QED) is 0.466. The number of aryl methyl sites for hydroxylation is 1. The summed E-state index contributed by atoms with van der Waals surface area (Å²) < 4.78 is 0. The smallest absolute Gasteiger partial charge is 0.335 e. The van der Waals surface area contributed by atoms with Gasteiger partial charge < -0.3 is 10.4 Å². The molecule has 0 amide bonds. The molecule has 3 atom stereocenters. The van der Waals surface area contributed by atoms with Gasteiger partial charge in [0.1, 0.15) is 5.69 Å². The predicted octanol–water partition coefficient (Wildman–Crippen LogP) is 4.74. The second-order valence-electron chi connectivity index (χ2n) is 7.29. The minimum Gasteiger partial charge on any atom is -0.478 e. The normalized spacial score (nSPS) is 22.7. The molecular formula is C21H20N2O4. The average Bonchev–Trinajstić information content (AvgIpc) is 3.13. The summed E-state index contributed by atoms with van der Waals surface area (Å²) in [7, 11) is 0. The highest BCUT2D eigenvalue weighted by molar-refractivity contribution is 5.87. The summed E-state index contributed by atoms with van der Waals surface area (Å²) in [6, 6.07) is 8.29. The fourth-order valence-corrected chi connectivity index (χ4v) is 4.39. The Bertz CT molecular complexity index is 979. The van der Waals surface area contributed by atoms with E-state index in [0.717, 1.165) is 28.7 Å². The maximum atomic E-state index is 11.7. The Morgan fingerprint density at radius 3 is 2.59 bits per heavy atom. The molecule has 6 nitrogen and oxygen atoms in total. The number of hydrogen-bond acceptors (Lipinski definition) is 4. The van der Waals surface area contributed by atoms with Crippen molar-refractivity contribution in [2.45, 2.75) is 32.2 Å². The van der Waals surface area contributed by atoms with Crippen molar-refractivity contribution in [3.8, 4) is 0 Å². The van der Waals surface area contributed by atoms with Gasteiger partial charge >= 0.3 is 5.97 Å². The summed E-state index contributed by atoms with van der Waals surface area (Å²) >= 11 is 0. The van der Waals surface area contributed by atoms with Gasteiger partial charge in [0.2, 0.25) is 0 Å². The molecule has 1 heterocycles. The maximum absolute atomic E-state index is 11.7. The third kappa shape index (κ3) is 2.68. The standard InChI is InChI=1S/C21H20N2O4/c1-11-10-17(23(26)27)20-18(12(11)2)15-4-3-5-16(15)19(22-20)13-6-8-14(9-7-13)21(24)25/h3-4,6-10,15-16,19,22H,5H2,1-2H3,(H,24,25)/t15-,16-,19-/m1/s1. The zero-order valence-corrected chi connectivity index (χ0v) is 15.1. The molecule has 4 rings (SSSR count). The summed E-state index contributed by atoms with van der Waals surface area (Å²) in [5, 5.41) is 24.2. The van der Waals surface area contributed by atoms with Crippen molar-refractivity contribution >= 4 is 17.3 Å². The molecule has 0 saturated carbocycles. The van der Waals surface area contributed by atoms with Crippen LogP contribution in [0.1, 0.15) is 51.0 Å². The number of hydrogen-bond donors (Lipinski definition) is 2. The number of fused-ring (bicyclic) bond motifs is 3. The van der Waals surface area contributed by atoms with E-state index < -0.39 is 5.97 Å². The lowest BCUT2D eigenvalue weighted by Gasteiger charge is -2.38. The number of anilines is 1. The largest absolute Gasteiger partial charge is 0.478 e. The van der Waals surface area contributed by atoms with Gasteiger partial charge in [0.15, 0.2) is 0 Å². The van der Waals surface area contributed by atoms with Gasteiger partial charge in [-0.2, -0.15) is 0 Å². The Balaban J connectivity index is 1.85. The third-order valence-corrected chi connectivity index (χ3v) is 5.86.